The van der Waals surface area contributed by atoms with Crippen LogP contribution < -0.4 is 15.4 Å². The van der Waals surface area contributed by atoms with E-state index in [0.717, 1.165) is 0 Å². The molecular weight excluding hydrogens is 318 g/mol. The lowest BCUT2D eigenvalue weighted by Gasteiger charge is -2.10. The van der Waals surface area contributed by atoms with Crippen LogP contribution in [0, 0.1) is 10.1 Å². The highest BCUT2D eigenvalue weighted by molar-refractivity contribution is 7.80. The predicted octanol–water partition coefficient (Wildman–Crippen LogP) is 2.49. The van der Waals surface area contributed by atoms with Crippen molar-refractivity contribution in [3.8, 4) is 5.75 Å². The van der Waals surface area contributed by atoms with Crippen molar-refractivity contribution in [2.24, 2.45) is 0 Å². The van der Waals surface area contributed by atoms with E-state index in [4.69, 9.17) is 17.0 Å². The number of nitrogens with one attached hydrogen (secondary N) is 2. The summed E-state index contributed by atoms with van der Waals surface area (Å²) in [6, 6.07) is 14.8. The summed E-state index contributed by atoms with van der Waals surface area (Å²) in [6.07, 6.45) is 0. The molecule has 2 aromatic carbocycles. The van der Waals surface area contributed by atoms with Gasteiger partial charge in [0.15, 0.2) is 11.7 Å². The number of carbonyl (C=O) groups is 1. The first-order chi connectivity index (χ1) is 11.1. The van der Waals surface area contributed by atoms with Crippen molar-refractivity contribution in [3.05, 3.63) is 64.7 Å². The van der Waals surface area contributed by atoms with E-state index in [-0.39, 0.29) is 23.1 Å². The molecule has 8 heteroatoms. The van der Waals surface area contributed by atoms with Gasteiger partial charge in [-0.3, -0.25) is 20.2 Å². The number of hydrogen-bond acceptors (Lipinski definition) is 5. The van der Waals surface area contributed by atoms with Crippen molar-refractivity contribution in [2.75, 3.05) is 11.9 Å². The molecule has 0 aliphatic carbocycles. The molecule has 0 aromatic heterocycles. The third-order valence-electron chi connectivity index (χ3n) is 2.72. The normalized spacial score (nSPS) is 9.74. The fourth-order valence-electron chi connectivity index (χ4n) is 1.72. The minimum absolute atomic E-state index is 0.0408. The van der Waals surface area contributed by atoms with Crippen LogP contribution in [-0.2, 0) is 4.79 Å². The monoisotopic (exact) mass is 331 g/mol. The molecule has 0 unspecified atom stereocenters. The van der Waals surface area contributed by atoms with Crippen LogP contribution >= 0.6 is 12.2 Å². The second-order valence-electron chi connectivity index (χ2n) is 4.38. The Morgan fingerprint density at radius 2 is 1.78 bits per heavy atom. The highest BCUT2D eigenvalue weighted by atomic mass is 32.1. The number of nitro benzene ring substituents is 1. The van der Waals surface area contributed by atoms with E-state index in [0.29, 0.717) is 5.75 Å². The lowest BCUT2D eigenvalue weighted by molar-refractivity contribution is -0.383. The number of thiocarbonyl (C=S) groups is 1. The van der Waals surface area contributed by atoms with E-state index in [1.54, 1.807) is 36.4 Å². The summed E-state index contributed by atoms with van der Waals surface area (Å²) >= 11 is 4.97. The number of amides is 1. The molecule has 23 heavy (non-hydrogen) atoms. The Morgan fingerprint density at radius 3 is 2.48 bits per heavy atom. The smallest absolute Gasteiger partial charge is 0.292 e. The first-order valence-corrected chi connectivity index (χ1v) is 6.99. The van der Waals surface area contributed by atoms with E-state index in [2.05, 4.69) is 10.6 Å². The molecule has 0 aliphatic rings. The van der Waals surface area contributed by atoms with E-state index in [1.807, 2.05) is 6.07 Å². The van der Waals surface area contributed by atoms with Gasteiger partial charge in [0.05, 0.1) is 4.92 Å². The molecule has 0 aliphatic heterocycles. The minimum Gasteiger partial charge on any atom is -0.484 e. The largest absolute Gasteiger partial charge is 0.484 e. The van der Waals surface area contributed by atoms with Gasteiger partial charge < -0.3 is 10.1 Å². The summed E-state index contributed by atoms with van der Waals surface area (Å²) < 4.78 is 5.27. The predicted molar refractivity (Wildman–Crippen MR) is 89.4 cm³/mol. The molecule has 0 bridgehead atoms. The van der Waals surface area contributed by atoms with Crippen LogP contribution in [0.15, 0.2) is 54.6 Å². The summed E-state index contributed by atoms with van der Waals surface area (Å²) in [4.78, 5) is 22.1. The maximum atomic E-state index is 11.7. The van der Waals surface area contributed by atoms with Gasteiger partial charge in [-0.25, -0.2) is 0 Å². The maximum absolute atomic E-state index is 11.7. The third-order valence-corrected chi connectivity index (χ3v) is 2.92. The van der Waals surface area contributed by atoms with Crippen molar-refractivity contribution in [3.63, 3.8) is 0 Å². The molecule has 7 nitrogen and oxygen atoms in total. The summed E-state index contributed by atoms with van der Waals surface area (Å²) in [5, 5.41) is 15.9. The second kappa shape index (κ2) is 7.85. The molecule has 0 saturated carbocycles. The van der Waals surface area contributed by atoms with E-state index in [9.17, 15) is 14.9 Å². The van der Waals surface area contributed by atoms with Crippen molar-refractivity contribution >= 4 is 34.6 Å². The highest BCUT2D eigenvalue weighted by Crippen LogP contribution is 2.22. The van der Waals surface area contributed by atoms with Crippen LogP contribution in [0.2, 0.25) is 0 Å². The Hall–Kier alpha value is -3.00. The van der Waals surface area contributed by atoms with Gasteiger partial charge in [-0.1, -0.05) is 30.3 Å². The van der Waals surface area contributed by atoms with Crippen LogP contribution in [0.25, 0.3) is 0 Å². The summed E-state index contributed by atoms with van der Waals surface area (Å²) in [6.45, 7) is -0.220. The minimum atomic E-state index is -0.536. The average Bonchev–Trinajstić information content (AvgIpc) is 2.54. The lowest BCUT2D eigenvalue weighted by atomic mass is 10.3. The number of nitro groups is 1. The molecule has 1 amide bonds. The highest BCUT2D eigenvalue weighted by Gasteiger charge is 2.14. The summed E-state index contributed by atoms with van der Waals surface area (Å²) in [5.41, 5.74) is 0.0661. The SMILES string of the molecule is O=C(COc1ccccc1)NC(=S)Nc1ccccc1[N+](=O)[O-]. The summed E-state index contributed by atoms with van der Waals surface area (Å²) in [7, 11) is 0. The average molecular weight is 331 g/mol. The Bertz CT molecular complexity index is 722. The number of carbonyl (C=O) groups excluding carboxylic acids is 1. The van der Waals surface area contributed by atoms with Crippen molar-refractivity contribution in [1.29, 1.82) is 0 Å². The first kappa shape index (κ1) is 16.4. The van der Waals surface area contributed by atoms with E-state index >= 15 is 0 Å². The van der Waals surface area contributed by atoms with Gasteiger partial charge in [-0.15, -0.1) is 0 Å². The number of hydrogen-bond donors (Lipinski definition) is 2. The fraction of sp³-hybridized carbons (Fsp3) is 0.0667. The topological polar surface area (TPSA) is 93.5 Å². The van der Waals surface area contributed by atoms with Crippen LogP contribution in [0.1, 0.15) is 0 Å². The fourth-order valence-corrected chi connectivity index (χ4v) is 1.94. The quantitative estimate of drug-likeness (QED) is 0.497. The number of nitrogens with zero attached hydrogens (tertiary/aromatic N) is 1. The number of para-hydroxylation sites is 3. The summed E-state index contributed by atoms with van der Waals surface area (Å²) in [5.74, 6) is 0.0881. The molecule has 2 aromatic rings. The molecule has 0 fully saturated rings. The molecule has 2 rings (SSSR count). The van der Waals surface area contributed by atoms with Gasteiger partial charge in [-0.2, -0.15) is 0 Å². The van der Waals surface area contributed by atoms with Crippen LogP contribution in [0.3, 0.4) is 0 Å². The number of rotatable bonds is 5. The Kier molecular flexibility index (Phi) is 5.59. The van der Waals surface area contributed by atoms with Crippen molar-refractivity contribution in [1.82, 2.24) is 5.32 Å². The number of benzene rings is 2. The Balaban J connectivity index is 1.87. The van der Waals surface area contributed by atoms with Crippen molar-refractivity contribution in [2.45, 2.75) is 0 Å². The third kappa shape index (κ3) is 5.04. The zero-order valence-electron chi connectivity index (χ0n) is 11.9. The van der Waals surface area contributed by atoms with Gasteiger partial charge >= 0.3 is 0 Å². The molecule has 0 spiro atoms. The van der Waals surface area contributed by atoms with E-state index < -0.39 is 10.8 Å². The standard InChI is InChI=1S/C15H13N3O4S/c19-14(10-22-11-6-2-1-3-7-11)17-15(23)16-12-8-4-5-9-13(12)18(20)21/h1-9H,10H2,(H2,16,17,19,23). The van der Waals surface area contributed by atoms with Gasteiger partial charge in [-0.05, 0) is 30.4 Å². The van der Waals surface area contributed by atoms with Gasteiger partial charge in [0.2, 0.25) is 0 Å². The second-order valence-corrected chi connectivity index (χ2v) is 4.79. The molecule has 0 radical (unpaired) electrons. The molecule has 0 atom stereocenters. The van der Waals surface area contributed by atoms with Crippen LogP contribution in [0.4, 0.5) is 11.4 Å². The van der Waals surface area contributed by atoms with Gasteiger partial charge in [0.1, 0.15) is 11.4 Å². The van der Waals surface area contributed by atoms with Gasteiger partial charge in [0, 0.05) is 6.07 Å². The molecular formula is C15H13N3O4S. The molecule has 0 saturated heterocycles. The van der Waals surface area contributed by atoms with Crippen LogP contribution in [0.5, 0.6) is 5.75 Å². The van der Waals surface area contributed by atoms with Crippen LogP contribution in [-0.4, -0.2) is 22.5 Å². The number of ether oxygens (including phenoxy) is 1. The first-order valence-electron chi connectivity index (χ1n) is 6.58. The molecule has 2 N–H and O–H groups in total. The zero-order valence-corrected chi connectivity index (χ0v) is 12.7. The number of anilines is 1. The lowest BCUT2D eigenvalue weighted by Crippen LogP contribution is -2.37. The van der Waals surface area contributed by atoms with Gasteiger partial charge in [0.25, 0.3) is 11.6 Å². The molecule has 0 heterocycles. The molecule has 118 valence electrons. The van der Waals surface area contributed by atoms with Crippen molar-refractivity contribution < 1.29 is 14.5 Å². The zero-order chi connectivity index (χ0) is 16.7. The Labute approximate surface area is 137 Å². The Morgan fingerprint density at radius 1 is 1.13 bits per heavy atom. The maximum Gasteiger partial charge on any atom is 0.292 e. The van der Waals surface area contributed by atoms with E-state index in [1.165, 1.54) is 12.1 Å².